The Balaban J connectivity index is 1.83. The minimum atomic E-state index is -0.352. The van der Waals surface area contributed by atoms with Crippen molar-refractivity contribution in [1.82, 2.24) is 10.2 Å². The molecule has 0 spiro atoms. The van der Waals surface area contributed by atoms with E-state index in [2.05, 4.69) is 10.2 Å². The highest BCUT2D eigenvalue weighted by molar-refractivity contribution is 6.30. The molecule has 3 rings (SSSR count). The number of ether oxygens (including phenoxy) is 2. The lowest BCUT2D eigenvalue weighted by Crippen LogP contribution is -2.07. The van der Waals surface area contributed by atoms with Crippen molar-refractivity contribution >= 4 is 11.6 Å². The van der Waals surface area contributed by atoms with E-state index in [0.29, 0.717) is 34.7 Å². The molecule has 0 amide bonds. The Kier molecular flexibility index (Phi) is 5.01. The van der Waals surface area contributed by atoms with E-state index in [0.717, 1.165) is 5.56 Å². The molecule has 1 unspecified atom stereocenters. The number of para-hydroxylation sites is 2. The molecule has 0 aliphatic rings. The molecule has 5 nitrogen and oxygen atoms in total. The molecule has 0 saturated heterocycles. The van der Waals surface area contributed by atoms with Gasteiger partial charge >= 0.3 is 0 Å². The van der Waals surface area contributed by atoms with Crippen molar-refractivity contribution in [3.05, 3.63) is 59.4 Å². The topological polar surface area (TPSA) is 57.4 Å². The number of aromatic nitrogens is 2. The molecule has 0 aliphatic carbocycles. The molecule has 6 heteroatoms. The van der Waals surface area contributed by atoms with Crippen LogP contribution in [0.5, 0.6) is 11.5 Å². The first-order valence-corrected chi connectivity index (χ1v) is 7.98. The summed E-state index contributed by atoms with van der Waals surface area (Å²) in [5.41, 5.74) is 0.810. The Bertz CT molecular complexity index is 802. The molecule has 3 aromatic rings. The van der Waals surface area contributed by atoms with Crippen molar-refractivity contribution in [1.29, 1.82) is 0 Å². The Labute approximate surface area is 145 Å². The smallest absolute Gasteiger partial charge is 0.257 e. The highest BCUT2D eigenvalue weighted by Crippen LogP contribution is 2.32. The number of methoxy groups -OCH3 is 1. The monoisotopic (exact) mass is 344 g/mol. The van der Waals surface area contributed by atoms with Crippen LogP contribution in [0.15, 0.2) is 52.9 Å². The Morgan fingerprint density at radius 2 is 1.75 bits per heavy atom. The number of halogens is 1. The van der Waals surface area contributed by atoms with E-state index < -0.39 is 0 Å². The molecule has 2 aromatic carbocycles. The predicted octanol–water partition coefficient (Wildman–Crippen LogP) is 4.93. The van der Waals surface area contributed by atoms with Crippen molar-refractivity contribution in [3.8, 4) is 23.0 Å². The lowest BCUT2D eigenvalue weighted by Gasteiger charge is -2.16. The van der Waals surface area contributed by atoms with Gasteiger partial charge in [-0.05, 0) is 42.8 Å². The molecule has 0 radical (unpaired) electrons. The van der Waals surface area contributed by atoms with Crippen LogP contribution < -0.4 is 9.47 Å². The van der Waals surface area contributed by atoms with Crippen LogP contribution in [0, 0.1) is 0 Å². The van der Waals surface area contributed by atoms with Gasteiger partial charge in [0.15, 0.2) is 17.6 Å². The Hall–Kier alpha value is -2.53. The van der Waals surface area contributed by atoms with E-state index in [9.17, 15) is 0 Å². The summed E-state index contributed by atoms with van der Waals surface area (Å²) in [5.74, 6) is 2.16. The second-order valence-electron chi connectivity index (χ2n) is 5.12. The molecular formula is C18H17ClN2O3. The summed E-state index contributed by atoms with van der Waals surface area (Å²) in [6.07, 6.45) is 0.329. The highest BCUT2D eigenvalue weighted by atomic mass is 35.5. The fourth-order valence-corrected chi connectivity index (χ4v) is 2.38. The normalized spacial score (nSPS) is 12.0. The van der Waals surface area contributed by atoms with Gasteiger partial charge in [0, 0.05) is 10.6 Å². The van der Waals surface area contributed by atoms with E-state index in [1.807, 2.05) is 43.3 Å². The summed E-state index contributed by atoms with van der Waals surface area (Å²) in [4.78, 5) is 0. The van der Waals surface area contributed by atoms with Gasteiger partial charge in [-0.2, -0.15) is 0 Å². The average molecular weight is 345 g/mol. The zero-order chi connectivity index (χ0) is 16.9. The van der Waals surface area contributed by atoms with E-state index in [1.54, 1.807) is 19.2 Å². The van der Waals surface area contributed by atoms with Crippen LogP contribution in [0.4, 0.5) is 0 Å². The maximum atomic E-state index is 6.00. The first-order chi connectivity index (χ1) is 11.7. The molecule has 124 valence electrons. The first kappa shape index (κ1) is 16.3. The lowest BCUT2D eigenvalue weighted by atomic mass is 10.2. The fourth-order valence-electron chi connectivity index (χ4n) is 2.25. The van der Waals surface area contributed by atoms with Gasteiger partial charge in [0.05, 0.1) is 7.11 Å². The zero-order valence-corrected chi connectivity index (χ0v) is 14.2. The highest BCUT2D eigenvalue weighted by Gasteiger charge is 2.21. The SMILES string of the molecule is CCC(Oc1ccccc1OC)c1nnc(-c2ccc(Cl)cc2)o1. The van der Waals surface area contributed by atoms with Gasteiger partial charge in [-0.3, -0.25) is 0 Å². The maximum Gasteiger partial charge on any atom is 0.257 e. The summed E-state index contributed by atoms with van der Waals surface area (Å²) in [6, 6.07) is 14.7. The Morgan fingerprint density at radius 3 is 2.42 bits per heavy atom. The van der Waals surface area contributed by atoms with Gasteiger partial charge in [-0.15, -0.1) is 10.2 Å². The third-order valence-electron chi connectivity index (χ3n) is 3.52. The largest absolute Gasteiger partial charge is 0.493 e. The molecule has 1 aromatic heterocycles. The van der Waals surface area contributed by atoms with Crippen LogP contribution >= 0.6 is 11.6 Å². The van der Waals surface area contributed by atoms with Crippen molar-refractivity contribution in [2.24, 2.45) is 0 Å². The Morgan fingerprint density at radius 1 is 1.04 bits per heavy atom. The van der Waals surface area contributed by atoms with Gasteiger partial charge in [0.25, 0.3) is 5.89 Å². The summed E-state index contributed by atoms with van der Waals surface area (Å²) >= 11 is 5.90. The van der Waals surface area contributed by atoms with Gasteiger partial charge in [0.2, 0.25) is 5.89 Å². The summed E-state index contributed by atoms with van der Waals surface area (Å²) < 4.78 is 17.1. The number of nitrogens with zero attached hydrogens (tertiary/aromatic N) is 2. The number of rotatable bonds is 6. The lowest BCUT2D eigenvalue weighted by molar-refractivity contribution is 0.160. The first-order valence-electron chi connectivity index (χ1n) is 7.60. The molecule has 0 saturated carbocycles. The molecule has 0 aliphatic heterocycles. The third-order valence-corrected chi connectivity index (χ3v) is 3.77. The molecule has 1 heterocycles. The predicted molar refractivity (Wildman–Crippen MR) is 91.4 cm³/mol. The zero-order valence-electron chi connectivity index (χ0n) is 13.4. The molecule has 1 atom stereocenters. The van der Waals surface area contributed by atoms with Gasteiger partial charge in [0.1, 0.15) is 0 Å². The number of benzene rings is 2. The second-order valence-corrected chi connectivity index (χ2v) is 5.55. The molecule has 0 bridgehead atoms. The van der Waals surface area contributed by atoms with Crippen LogP contribution in [0.3, 0.4) is 0 Å². The molecule has 0 fully saturated rings. The third kappa shape index (κ3) is 3.51. The van der Waals surface area contributed by atoms with Crippen LogP contribution in [0.25, 0.3) is 11.5 Å². The summed E-state index contributed by atoms with van der Waals surface area (Å²) in [5, 5.41) is 8.88. The van der Waals surface area contributed by atoms with Crippen molar-refractivity contribution in [2.75, 3.05) is 7.11 Å². The minimum Gasteiger partial charge on any atom is -0.493 e. The molecule has 0 N–H and O–H groups in total. The van der Waals surface area contributed by atoms with E-state index in [1.165, 1.54) is 0 Å². The van der Waals surface area contributed by atoms with Gasteiger partial charge in [-0.25, -0.2) is 0 Å². The van der Waals surface area contributed by atoms with Gasteiger partial charge in [-0.1, -0.05) is 30.7 Å². The van der Waals surface area contributed by atoms with Crippen LogP contribution in [-0.2, 0) is 0 Å². The molecular weight excluding hydrogens is 328 g/mol. The van der Waals surface area contributed by atoms with Crippen LogP contribution in [-0.4, -0.2) is 17.3 Å². The van der Waals surface area contributed by atoms with Crippen molar-refractivity contribution < 1.29 is 13.9 Å². The quantitative estimate of drug-likeness (QED) is 0.634. The second kappa shape index (κ2) is 7.36. The van der Waals surface area contributed by atoms with E-state index in [4.69, 9.17) is 25.5 Å². The number of hydrogen-bond acceptors (Lipinski definition) is 5. The van der Waals surface area contributed by atoms with Gasteiger partial charge < -0.3 is 13.9 Å². The molecule has 24 heavy (non-hydrogen) atoms. The summed E-state index contributed by atoms with van der Waals surface area (Å²) in [6.45, 7) is 1.99. The fraction of sp³-hybridized carbons (Fsp3) is 0.222. The van der Waals surface area contributed by atoms with Crippen molar-refractivity contribution in [3.63, 3.8) is 0 Å². The van der Waals surface area contributed by atoms with Crippen LogP contribution in [0.2, 0.25) is 5.02 Å². The maximum absolute atomic E-state index is 6.00. The summed E-state index contributed by atoms with van der Waals surface area (Å²) in [7, 11) is 1.61. The van der Waals surface area contributed by atoms with Crippen LogP contribution in [0.1, 0.15) is 25.3 Å². The average Bonchev–Trinajstić information content (AvgIpc) is 3.10. The number of hydrogen-bond donors (Lipinski definition) is 0. The minimum absolute atomic E-state index is 0.352. The van der Waals surface area contributed by atoms with E-state index in [-0.39, 0.29) is 6.10 Å². The standard InChI is InChI=1S/C18H17ClN2O3/c1-3-14(23-16-7-5-4-6-15(16)22-2)18-21-20-17(24-18)12-8-10-13(19)11-9-12/h4-11,14H,3H2,1-2H3. The van der Waals surface area contributed by atoms with E-state index >= 15 is 0 Å². The van der Waals surface area contributed by atoms with Crippen molar-refractivity contribution in [2.45, 2.75) is 19.4 Å².